The Kier molecular flexibility index (Phi) is 7.16. The molecule has 0 aromatic carbocycles. The van der Waals surface area contributed by atoms with Crippen molar-refractivity contribution in [2.45, 2.75) is 25.5 Å². The second-order valence-corrected chi connectivity index (χ2v) is 3.98. The number of hydrogen-bond acceptors (Lipinski definition) is 4. The first kappa shape index (κ1) is 17.1. The molecule has 102 valence electrons. The third-order valence-corrected chi connectivity index (χ3v) is 2.69. The number of anilines is 1. The lowest BCUT2D eigenvalue weighted by atomic mass is 10.2. The lowest BCUT2D eigenvalue weighted by Crippen LogP contribution is -2.35. The minimum atomic E-state index is -0.425. The molecule has 1 fully saturated rings. The summed E-state index contributed by atoms with van der Waals surface area (Å²) >= 11 is 0. The molecule has 7 heteroatoms. The van der Waals surface area contributed by atoms with Crippen LogP contribution < -0.4 is 10.6 Å². The molecule has 2 atom stereocenters. The van der Waals surface area contributed by atoms with Gasteiger partial charge in [0.25, 0.3) is 0 Å². The monoisotopic (exact) mass is 293 g/mol. The second kappa shape index (κ2) is 7.53. The highest BCUT2D eigenvalue weighted by Gasteiger charge is 2.28. The van der Waals surface area contributed by atoms with Gasteiger partial charge in [0.1, 0.15) is 0 Å². The molecule has 18 heavy (non-hydrogen) atoms. The number of aliphatic hydroxyl groups excluding tert-OH is 1. The van der Waals surface area contributed by atoms with E-state index in [1.165, 1.54) is 0 Å². The van der Waals surface area contributed by atoms with Crippen LogP contribution in [-0.2, 0) is 4.79 Å². The highest BCUT2D eigenvalue weighted by atomic mass is 35.5. The number of rotatable bonds is 2. The van der Waals surface area contributed by atoms with E-state index in [4.69, 9.17) is 0 Å². The van der Waals surface area contributed by atoms with Crippen molar-refractivity contribution in [1.29, 1.82) is 0 Å². The van der Waals surface area contributed by atoms with Crippen molar-refractivity contribution in [3.8, 4) is 0 Å². The summed E-state index contributed by atoms with van der Waals surface area (Å²) < 4.78 is 0. The molecule has 0 radical (unpaired) electrons. The van der Waals surface area contributed by atoms with Crippen molar-refractivity contribution in [3.63, 3.8) is 0 Å². The molecule has 0 spiro atoms. The lowest BCUT2D eigenvalue weighted by Gasteiger charge is -2.11. The van der Waals surface area contributed by atoms with Gasteiger partial charge in [-0.3, -0.25) is 9.78 Å². The molecule has 0 aliphatic carbocycles. The van der Waals surface area contributed by atoms with Crippen LogP contribution in [0.5, 0.6) is 0 Å². The van der Waals surface area contributed by atoms with Gasteiger partial charge >= 0.3 is 0 Å². The van der Waals surface area contributed by atoms with E-state index in [0.29, 0.717) is 13.0 Å². The molecule has 3 N–H and O–H groups in total. The van der Waals surface area contributed by atoms with E-state index < -0.39 is 6.10 Å². The van der Waals surface area contributed by atoms with Crippen molar-refractivity contribution in [2.75, 3.05) is 11.9 Å². The minimum absolute atomic E-state index is 0. The summed E-state index contributed by atoms with van der Waals surface area (Å²) in [4.78, 5) is 15.9. The fourth-order valence-corrected chi connectivity index (χ4v) is 1.75. The number of carbonyl (C=O) groups excluding carboxylic acids is 1. The summed E-state index contributed by atoms with van der Waals surface area (Å²) in [7, 11) is 0. The van der Waals surface area contributed by atoms with Gasteiger partial charge in [0.15, 0.2) is 0 Å². The molecule has 2 unspecified atom stereocenters. The first-order valence-corrected chi connectivity index (χ1v) is 5.31. The third-order valence-electron chi connectivity index (χ3n) is 2.69. The first-order valence-electron chi connectivity index (χ1n) is 5.31. The van der Waals surface area contributed by atoms with E-state index in [-0.39, 0.29) is 36.8 Å². The number of aromatic nitrogens is 1. The zero-order valence-corrected chi connectivity index (χ0v) is 11.6. The number of amides is 1. The Morgan fingerprint density at radius 3 is 2.83 bits per heavy atom. The zero-order valence-electron chi connectivity index (χ0n) is 9.92. The van der Waals surface area contributed by atoms with Crippen molar-refractivity contribution in [3.05, 3.63) is 24.0 Å². The number of hydrogen-bond donors (Lipinski definition) is 3. The Labute approximate surface area is 118 Å². The first-order chi connectivity index (χ1) is 7.66. The smallest absolute Gasteiger partial charge is 0.241 e. The van der Waals surface area contributed by atoms with Gasteiger partial charge in [0, 0.05) is 12.7 Å². The lowest BCUT2D eigenvalue weighted by molar-refractivity contribution is -0.117. The Morgan fingerprint density at radius 1 is 1.56 bits per heavy atom. The van der Waals surface area contributed by atoms with Crippen LogP contribution in [0.15, 0.2) is 18.3 Å². The number of pyridine rings is 1. The van der Waals surface area contributed by atoms with Gasteiger partial charge in [-0.1, -0.05) is 0 Å². The number of nitrogens with zero attached hydrogens (tertiary/aromatic N) is 1. The molecule has 1 aliphatic heterocycles. The van der Waals surface area contributed by atoms with Crippen LogP contribution in [-0.4, -0.2) is 34.7 Å². The Balaban J connectivity index is 0.00000144. The predicted molar refractivity (Wildman–Crippen MR) is 74.5 cm³/mol. The van der Waals surface area contributed by atoms with Gasteiger partial charge in [-0.15, -0.1) is 24.8 Å². The fourth-order valence-electron chi connectivity index (χ4n) is 1.75. The number of halogens is 2. The van der Waals surface area contributed by atoms with Crippen molar-refractivity contribution in [1.82, 2.24) is 10.3 Å². The van der Waals surface area contributed by atoms with Crippen molar-refractivity contribution >= 4 is 36.4 Å². The molecule has 1 aliphatic rings. The second-order valence-electron chi connectivity index (χ2n) is 3.98. The van der Waals surface area contributed by atoms with E-state index in [2.05, 4.69) is 15.6 Å². The van der Waals surface area contributed by atoms with Gasteiger partial charge in [-0.25, -0.2) is 0 Å². The molecular formula is C11H17Cl2N3O2. The number of aryl methyl sites for hydroxylation is 1. The number of β-amino-alcohol motifs (C(OH)–C–C–N with tert-alkyl or cyclic N) is 1. The maximum atomic E-state index is 11.8. The summed E-state index contributed by atoms with van der Waals surface area (Å²) in [5.41, 5.74) is 1.50. The normalized spacial score (nSPS) is 21.7. The standard InChI is InChI=1S/C11H15N3O2.2ClH/c1-7-9(3-2-4-12-7)14-11(16)10-5-8(15)6-13-10;;/h2-4,8,10,13,15H,5-6H2,1H3,(H,14,16);2*1H. The van der Waals surface area contributed by atoms with Gasteiger partial charge in [0.05, 0.1) is 23.5 Å². The Morgan fingerprint density at radius 2 is 2.28 bits per heavy atom. The summed E-state index contributed by atoms with van der Waals surface area (Å²) in [6.45, 7) is 2.32. The number of carbonyl (C=O) groups is 1. The summed E-state index contributed by atoms with van der Waals surface area (Å²) in [5, 5.41) is 15.1. The number of nitrogens with one attached hydrogen (secondary N) is 2. The molecule has 2 rings (SSSR count). The van der Waals surface area contributed by atoms with E-state index in [1.807, 2.05) is 13.0 Å². The average molecular weight is 294 g/mol. The van der Waals surface area contributed by atoms with Crippen LogP contribution in [0.4, 0.5) is 5.69 Å². The third kappa shape index (κ3) is 4.10. The largest absolute Gasteiger partial charge is 0.392 e. The van der Waals surface area contributed by atoms with Gasteiger partial charge < -0.3 is 15.7 Å². The molecular weight excluding hydrogens is 277 g/mol. The number of aliphatic hydroxyl groups is 1. The maximum absolute atomic E-state index is 11.8. The Hall–Kier alpha value is -0.880. The van der Waals surface area contributed by atoms with Crippen LogP contribution in [0.2, 0.25) is 0 Å². The van der Waals surface area contributed by atoms with Crippen molar-refractivity contribution in [2.24, 2.45) is 0 Å². The highest BCUT2D eigenvalue weighted by Crippen LogP contribution is 2.13. The Bertz CT molecular complexity index is 404. The topological polar surface area (TPSA) is 74.2 Å². The van der Waals surface area contributed by atoms with Crippen LogP contribution in [0.25, 0.3) is 0 Å². The van der Waals surface area contributed by atoms with Crippen LogP contribution in [0, 0.1) is 6.92 Å². The quantitative estimate of drug-likeness (QED) is 0.757. The molecule has 1 amide bonds. The zero-order chi connectivity index (χ0) is 11.5. The van der Waals surface area contributed by atoms with Crippen LogP contribution in [0.1, 0.15) is 12.1 Å². The van der Waals surface area contributed by atoms with E-state index in [1.54, 1.807) is 12.3 Å². The highest BCUT2D eigenvalue weighted by molar-refractivity contribution is 5.95. The van der Waals surface area contributed by atoms with E-state index in [9.17, 15) is 9.90 Å². The molecule has 2 heterocycles. The maximum Gasteiger partial charge on any atom is 0.241 e. The fraction of sp³-hybridized carbons (Fsp3) is 0.455. The van der Waals surface area contributed by atoms with E-state index >= 15 is 0 Å². The molecule has 1 aromatic heterocycles. The molecule has 0 saturated carbocycles. The van der Waals surface area contributed by atoms with Crippen LogP contribution in [0.3, 0.4) is 0 Å². The van der Waals surface area contributed by atoms with Gasteiger partial charge in [-0.2, -0.15) is 0 Å². The average Bonchev–Trinajstić information content (AvgIpc) is 2.68. The predicted octanol–water partition coefficient (Wildman–Crippen LogP) is 0.895. The van der Waals surface area contributed by atoms with Gasteiger partial charge in [-0.05, 0) is 25.5 Å². The molecule has 1 saturated heterocycles. The summed E-state index contributed by atoms with van der Waals surface area (Å²) in [6.07, 6.45) is 1.72. The van der Waals surface area contributed by atoms with Crippen molar-refractivity contribution < 1.29 is 9.90 Å². The summed E-state index contributed by atoms with van der Waals surface area (Å²) in [5.74, 6) is -0.118. The van der Waals surface area contributed by atoms with Crippen LogP contribution >= 0.6 is 24.8 Å². The molecule has 1 aromatic rings. The molecule has 5 nitrogen and oxygen atoms in total. The molecule has 0 bridgehead atoms. The van der Waals surface area contributed by atoms with E-state index in [0.717, 1.165) is 11.4 Å². The SMILES string of the molecule is Cc1ncccc1NC(=O)C1CC(O)CN1.Cl.Cl. The summed E-state index contributed by atoms with van der Waals surface area (Å²) in [6, 6.07) is 3.28. The minimum Gasteiger partial charge on any atom is -0.392 e. The van der Waals surface area contributed by atoms with Gasteiger partial charge in [0.2, 0.25) is 5.91 Å².